The van der Waals surface area contributed by atoms with Crippen LogP contribution in [0.2, 0.25) is 0 Å². The molecule has 3 aromatic rings. The van der Waals surface area contributed by atoms with Crippen LogP contribution in [-0.4, -0.2) is 25.4 Å². The minimum atomic E-state index is -0.614. The topological polar surface area (TPSA) is 141 Å². The fraction of sp³-hybridized carbons (Fsp3) is 0.0556. The van der Waals surface area contributed by atoms with Gasteiger partial charge in [-0.25, -0.2) is 0 Å². The molecule has 0 saturated heterocycles. The summed E-state index contributed by atoms with van der Waals surface area (Å²) in [5.41, 5.74) is 8.75. The zero-order valence-electron chi connectivity index (χ0n) is 13.3. The molecule has 1 aliphatic heterocycles. The van der Waals surface area contributed by atoms with Crippen LogP contribution in [0.1, 0.15) is 17.0 Å². The number of hydrogen-bond donors (Lipinski definition) is 4. The van der Waals surface area contributed by atoms with Gasteiger partial charge in [0.2, 0.25) is 11.8 Å². The highest BCUT2D eigenvalue weighted by Gasteiger charge is 2.35. The first kappa shape index (κ1) is 15.5. The van der Waals surface area contributed by atoms with Crippen molar-refractivity contribution in [1.29, 1.82) is 5.26 Å². The van der Waals surface area contributed by atoms with Crippen molar-refractivity contribution in [3.05, 3.63) is 65.3 Å². The molecule has 1 atom stereocenters. The number of aromatic amines is 1. The summed E-state index contributed by atoms with van der Waals surface area (Å²) in [6.45, 7) is 0. The van der Waals surface area contributed by atoms with Crippen molar-refractivity contribution in [1.82, 2.24) is 15.2 Å². The normalized spacial score (nSPS) is 15.9. The molecule has 5 N–H and O–H groups in total. The predicted molar refractivity (Wildman–Crippen MR) is 90.9 cm³/mol. The maximum Gasteiger partial charge on any atom is 0.244 e. The quantitative estimate of drug-likeness (QED) is 0.520. The lowest BCUT2D eigenvalue weighted by Crippen LogP contribution is -2.20. The van der Waals surface area contributed by atoms with Gasteiger partial charge in [-0.2, -0.15) is 5.26 Å². The van der Waals surface area contributed by atoms with Crippen LogP contribution < -0.4 is 10.5 Å². The molecule has 0 bridgehead atoms. The lowest BCUT2D eigenvalue weighted by Gasteiger charge is -2.24. The van der Waals surface area contributed by atoms with Crippen molar-refractivity contribution < 1.29 is 14.9 Å². The van der Waals surface area contributed by atoms with E-state index in [9.17, 15) is 15.5 Å². The number of nitrogens with two attached hydrogens (primary N) is 1. The third-order valence-corrected chi connectivity index (χ3v) is 4.24. The van der Waals surface area contributed by atoms with E-state index in [1.165, 1.54) is 12.1 Å². The van der Waals surface area contributed by atoms with Gasteiger partial charge in [0.15, 0.2) is 11.5 Å². The largest absolute Gasteiger partial charge is 0.504 e. The number of nitriles is 1. The number of aromatic nitrogens is 3. The van der Waals surface area contributed by atoms with Gasteiger partial charge >= 0.3 is 0 Å². The summed E-state index contributed by atoms with van der Waals surface area (Å²) in [5.74, 6) is -0.952. The van der Waals surface area contributed by atoms with Gasteiger partial charge in [0.1, 0.15) is 11.6 Å². The van der Waals surface area contributed by atoms with Gasteiger partial charge in [0.05, 0.1) is 17.2 Å². The van der Waals surface area contributed by atoms with Crippen LogP contribution in [0.4, 0.5) is 0 Å². The minimum Gasteiger partial charge on any atom is -0.504 e. The maximum absolute atomic E-state index is 9.90. The van der Waals surface area contributed by atoms with Gasteiger partial charge in [-0.15, -0.1) is 5.10 Å². The standard InChI is InChI=1S/C18H13N5O3/c19-8-11-14(10-1-2-12(24)13(25)7-10)15-16(9-3-5-21-6-4-9)22-23-18(15)26-17(11)20/h1-7,14,24-25H,20H2,(H,22,23)/t14-/m0/s1. The molecule has 128 valence electrons. The molecule has 0 aliphatic carbocycles. The zero-order valence-corrected chi connectivity index (χ0v) is 13.3. The van der Waals surface area contributed by atoms with E-state index < -0.39 is 5.92 Å². The van der Waals surface area contributed by atoms with Gasteiger partial charge in [-0.3, -0.25) is 10.1 Å². The highest BCUT2D eigenvalue weighted by atomic mass is 16.5. The van der Waals surface area contributed by atoms with Crippen LogP contribution in [0.5, 0.6) is 17.4 Å². The predicted octanol–water partition coefficient (Wildman–Crippen LogP) is 2.10. The fourth-order valence-electron chi connectivity index (χ4n) is 3.04. The number of nitrogens with zero attached hydrogens (tertiary/aromatic N) is 3. The average molecular weight is 347 g/mol. The van der Waals surface area contributed by atoms with Gasteiger partial charge < -0.3 is 20.7 Å². The molecule has 0 fully saturated rings. The second-order valence-electron chi connectivity index (χ2n) is 5.73. The van der Waals surface area contributed by atoms with E-state index in [4.69, 9.17) is 10.5 Å². The van der Waals surface area contributed by atoms with E-state index in [2.05, 4.69) is 21.3 Å². The van der Waals surface area contributed by atoms with Gasteiger partial charge in [-0.05, 0) is 29.8 Å². The molecular weight excluding hydrogens is 334 g/mol. The number of H-pyrrole nitrogens is 1. The molecule has 0 amide bonds. The van der Waals surface area contributed by atoms with Crippen molar-refractivity contribution in [2.24, 2.45) is 5.73 Å². The molecule has 8 nitrogen and oxygen atoms in total. The number of allylic oxidation sites excluding steroid dienone is 1. The molecule has 1 aliphatic rings. The van der Waals surface area contributed by atoms with Crippen LogP contribution in [0.25, 0.3) is 11.3 Å². The summed E-state index contributed by atoms with van der Waals surface area (Å²) in [7, 11) is 0. The highest BCUT2D eigenvalue weighted by molar-refractivity contribution is 5.70. The first-order valence-electron chi connectivity index (χ1n) is 7.68. The van der Waals surface area contributed by atoms with Crippen LogP contribution in [0, 0.1) is 11.3 Å². The Hall–Kier alpha value is -3.99. The van der Waals surface area contributed by atoms with Crippen molar-refractivity contribution >= 4 is 0 Å². The lowest BCUT2D eigenvalue weighted by molar-refractivity contribution is 0.378. The number of hydrogen-bond acceptors (Lipinski definition) is 7. The minimum absolute atomic E-state index is 0.0506. The summed E-state index contributed by atoms with van der Waals surface area (Å²) < 4.78 is 5.51. The summed E-state index contributed by atoms with van der Waals surface area (Å²) >= 11 is 0. The van der Waals surface area contributed by atoms with Gasteiger partial charge in [-0.1, -0.05) is 6.07 Å². The number of ether oxygens (including phenoxy) is 1. The van der Waals surface area contributed by atoms with E-state index in [1.807, 2.05) is 0 Å². The smallest absolute Gasteiger partial charge is 0.244 e. The van der Waals surface area contributed by atoms with Crippen LogP contribution in [0.15, 0.2) is 54.2 Å². The molecule has 8 heteroatoms. The van der Waals surface area contributed by atoms with E-state index in [1.54, 1.807) is 30.6 Å². The van der Waals surface area contributed by atoms with Crippen molar-refractivity contribution in [2.75, 3.05) is 0 Å². The maximum atomic E-state index is 9.90. The SMILES string of the molecule is N#CC1=C(N)Oc2n[nH]c(-c3ccncc3)c2[C@H]1c1ccc(O)c(O)c1. The molecule has 0 saturated carbocycles. The Morgan fingerprint density at radius 1 is 1.15 bits per heavy atom. The van der Waals surface area contributed by atoms with E-state index in [-0.39, 0.29) is 28.8 Å². The summed E-state index contributed by atoms with van der Waals surface area (Å²) in [6, 6.07) is 10.0. The zero-order chi connectivity index (χ0) is 18.3. The van der Waals surface area contributed by atoms with Crippen molar-refractivity contribution in [3.63, 3.8) is 0 Å². The van der Waals surface area contributed by atoms with E-state index in [0.717, 1.165) is 5.56 Å². The molecule has 4 rings (SSSR count). The first-order chi connectivity index (χ1) is 12.6. The number of phenolic OH excluding ortho intramolecular Hbond substituents is 2. The molecule has 0 radical (unpaired) electrons. The Balaban J connectivity index is 1.97. The van der Waals surface area contributed by atoms with E-state index >= 15 is 0 Å². The Labute approximate surface area is 147 Å². The van der Waals surface area contributed by atoms with Gasteiger partial charge in [0, 0.05) is 18.0 Å². The number of fused-ring (bicyclic) bond motifs is 1. The number of benzene rings is 1. The molecule has 0 spiro atoms. The first-order valence-corrected chi connectivity index (χ1v) is 7.68. The second-order valence-corrected chi connectivity index (χ2v) is 5.73. The molecule has 3 heterocycles. The average Bonchev–Trinajstić information content (AvgIpc) is 3.07. The molecule has 26 heavy (non-hydrogen) atoms. The molecular formula is C18H13N5O3. The number of phenols is 2. The second kappa shape index (κ2) is 5.82. The van der Waals surface area contributed by atoms with Crippen LogP contribution in [-0.2, 0) is 0 Å². The summed E-state index contributed by atoms with van der Waals surface area (Å²) in [4.78, 5) is 4.00. The molecule has 1 aromatic carbocycles. The Morgan fingerprint density at radius 2 is 1.92 bits per heavy atom. The third-order valence-electron chi connectivity index (χ3n) is 4.24. The number of nitrogens with one attached hydrogen (secondary N) is 1. The Kier molecular flexibility index (Phi) is 3.48. The highest BCUT2D eigenvalue weighted by Crippen LogP contribution is 2.46. The van der Waals surface area contributed by atoms with Crippen LogP contribution in [0.3, 0.4) is 0 Å². The number of aromatic hydroxyl groups is 2. The molecule has 0 unspecified atom stereocenters. The monoisotopic (exact) mass is 347 g/mol. The number of pyridine rings is 1. The van der Waals surface area contributed by atoms with E-state index in [0.29, 0.717) is 16.8 Å². The Bertz CT molecular complexity index is 1070. The van der Waals surface area contributed by atoms with Gasteiger partial charge in [0.25, 0.3) is 0 Å². The number of rotatable bonds is 2. The summed E-state index contributed by atoms with van der Waals surface area (Å²) in [5, 5.41) is 36.2. The lowest BCUT2D eigenvalue weighted by atomic mass is 9.83. The van der Waals surface area contributed by atoms with Crippen LogP contribution >= 0.6 is 0 Å². The third kappa shape index (κ3) is 2.31. The molecule has 2 aromatic heterocycles. The van der Waals surface area contributed by atoms with Crippen molar-refractivity contribution in [3.8, 4) is 34.7 Å². The summed E-state index contributed by atoms with van der Waals surface area (Å²) in [6.07, 6.45) is 3.28. The van der Waals surface area contributed by atoms with Crippen molar-refractivity contribution in [2.45, 2.75) is 5.92 Å². The Morgan fingerprint density at radius 3 is 2.62 bits per heavy atom. The fourth-order valence-corrected chi connectivity index (χ4v) is 3.04.